The average molecular weight is 298 g/mol. The zero-order chi connectivity index (χ0) is 15.9. The van der Waals surface area contributed by atoms with Crippen molar-refractivity contribution in [3.05, 3.63) is 0 Å². The maximum absolute atomic E-state index is 11.9. The monoisotopic (exact) mass is 298 g/mol. The molecule has 0 aromatic heterocycles. The highest BCUT2D eigenvalue weighted by Crippen LogP contribution is 2.38. The molecule has 2 amide bonds. The van der Waals surface area contributed by atoms with Crippen LogP contribution in [0.5, 0.6) is 0 Å². The van der Waals surface area contributed by atoms with Gasteiger partial charge < -0.3 is 15.7 Å². The molecule has 1 fully saturated rings. The minimum atomic E-state index is -0.771. The second kappa shape index (κ2) is 8.25. The second-order valence-corrected chi connectivity index (χ2v) is 6.99. The van der Waals surface area contributed by atoms with Crippen molar-refractivity contribution < 1.29 is 14.7 Å². The van der Waals surface area contributed by atoms with Crippen LogP contribution in [0.25, 0.3) is 0 Å². The molecule has 1 saturated carbocycles. The van der Waals surface area contributed by atoms with Crippen molar-refractivity contribution in [2.24, 2.45) is 11.3 Å². The van der Waals surface area contributed by atoms with E-state index < -0.39 is 5.97 Å². The molecule has 21 heavy (non-hydrogen) atoms. The van der Waals surface area contributed by atoms with E-state index in [9.17, 15) is 9.59 Å². The number of carbonyl (C=O) groups excluding carboxylic acids is 1. The summed E-state index contributed by atoms with van der Waals surface area (Å²) < 4.78 is 0. The summed E-state index contributed by atoms with van der Waals surface area (Å²) >= 11 is 0. The van der Waals surface area contributed by atoms with Gasteiger partial charge >= 0.3 is 12.0 Å². The van der Waals surface area contributed by atoms with Gasteiger partial charge in [0.15, 0.2) is 0 Å². The third-order valence-electron chi connectivity index (χ3n) is 4.27. The first-order valence-electron chi connectivity index (χ1n) is 8.09. The van der Waals surface area contributed by atoms with Crippen LogP contribution in [0.1, 0.15) is 65.7 Å². The summed E-state index contributed by atoms with van der Waals surface area (Å²) in [6.07, 6.45) is 6.14. The Morgan fingerprint density at radius 3 is 2.29 bits per heavy atom. The molecule has 0 bridgehead atoms. The van der Waals surface area contributed by atoms with Gasteiger partial charge in [-0.3, -0.25) is 4.79 Å². The van der Waals surface area contributed by atoms with Crippen LogP contribution in [0.3, 0.4) is 0 Å². The minimum absolute atomic E-state index is 0.131. The number of urea groups is 1. The van der Waals surface area contributed by atoms with Gasteiger partial charge in [-0.2, -0.15) is 0 Å². The van der Waals surface area contributed by atoms with Crippen LogP contribution >= 0.6 is 0 Å². The first-order valence-corrected chi connectivity index (χ1v) is 8.09. The van der Waals surface area contributed by atoms with Gasteiger partial charge in [-0.25, -0.2) is 4.79 Å². The molecule has 1 rings (SSSR count). The maximum atomic E-state index is 11.9. The van der Waals surface area contributed by atoms with Crippen LogP contribution in [0.15, 0.2) is 0 Å². The van der Waals surface area contributed by atoms with Crippen molar-refractivity contribution in [2.45, 2.75) is 71.8 Å². The molecule has 0 aliphatic heterocycles. The molecular formula is C16H30N2O3. The first kappa shape index (κ1) is 17.8. The Hall–Kier alpha value is -1.26. The van der Waals surface area contributed by atoms with Gasteiger partial charge in [-0.1, -0.05) is 33.1 Å². The molecule has 122 valence electrons. The molecule has 1 unspecified atom stereocenters. The van der Waals surface area contributed by atoms with Crippen LogP contribution in [0.4, 0.5) is 4.79 Å². The zero-order valence-corrected chi connectivity index (χ0v) is 13.6. The summed E-state index contributed by atoms with van der Waals surface area (Å²) in [6.45, 7) is 6.70. The van der Waals surface area contributed by atoms with E-state index in [0.29, 0.717) is 12.5 Å². The normalized spacial score (nSPS) is 19.0. The summed E-state index contributed by atoms with van der Waals surface area (Å²) in [5.41, 5.74) is -0.261. The lowest BCUT2D eigenvalue weighted by molar-refractivity contribution is -0.140. The van der Waals surface area contributed by atoms with Gasteiger partial charge in [0, 0.05) is 12.6 Å². The van der Waals surface area contributed by atoms with E-state index >= 15 is 0 Å². The molecular weight excluding hydrogens is 268 g/mol. The predicted molar refractivity (Wildman–Crippen MR) is 83.2 cm³/mol. The van der Waals surface area contributed by atoms with Crippen LogP contribution in [0.2, 0.25) is 0 Å². The highest BCUT2D eigenvalue weighted by molar-refractivity contribution is 5.74. The quantitative estimate of drug-likeness (QED) is 0.675. The third-order valence-corrected chi connectivity index (χ3v) is 4.27. The van der Waals surface area contributed by atoms with Crippen LogP contribution in [-0.4, -0.2) is 29.7 Å². The largest absolute Gasteiger partial charge is 0.481 e. The Bertz CT molecular complexity index is 349. The van der Waals surface area contributed by atoms with E-state index in [1.807, 2.05) is 6.92 Å². The summed E-state index contributed by atoms with van der Waals surface area (Å²) in [5, 5.41) is 14.9. The molecule has 0 aromatic carbocycles. The molecule has 0 radical (unpaired) electrons. The first-order chi connectivity index (χ1) is 9.83. The van der Waals surface area contributed by atoms with Gasteiger partial charge in [0.2, 0.25) is 0 Å². The summed E-state index contributed by atoms with van der Waals surface area (Å²) in [4.78, 5) is 23.0. The van der Waals surface area contributed by atoms with Crippen LogP contribution in [-0.2, 0) is 4.79 Å². The number of aliphatic carboxylic acids is 1. The van der Waals surface area contributed by atoms with Gasteiger partial charge in [-0.05, 0) is 37.5 Å². The number of hydrogen-bond donors (Lipinski definition) is 3. The van der Waals surface area contributed by atoms with Crippen molar-refractivity contribution in [3.63, 3.8) is 0 Å². The Kier molecular flexibility index (Phi) is 6.99. The van der Waals surface area contributed by atoms with E-state index in [4.69, 9.17) is 5.11 Å². The number of carboxylic acid groups (broad SMARTS) is 1. The van der Waals surface area contributed by atoms with E-state index in [-0.39, 0.29) is 23.9 Å². The van der Waals surface area contributed by atoms with Gasteiger partial charge in [0.25, 0.3) is 0 Å². The van der Waals surface area contributed by atoms with Crippen molar-refractivity contribution in [3.8, 4) is 0 Å². The number of rotatable bonds is 7. The van der Waals surface area contributed by atoms with Crippen LogP contribution < -0.4 is 10.6 Å². The van der Waals surface area contributed by atoms with E-state index in [1.165, 1.54) is 6.42 Å². The van der Waals surface area contributed by atoms with Gasteiger partial charge in [0.05, 0.1) is 6.42 Å². The molecule has 3 N–H and O–H groups in total. The maximum Gasteiger partial charge on any atom is 0.315 e. The summed E-state index contributed by atoms with van der Waals surface area (Å²) in [6, 6.07) is -0.0507. The molecule has 5 nitrogen and oxygen atoms in total. The van der Waals surface area contributed by atoms with E-state index in [0.717, 1.165) is 32.1 Å². The van der Waals surface area contributed by atoms with E-state index in [2.05, 4.69) is 24.5 Å². The molecule has 1 atom stereocenters. The Morgan fingerprint density at radius 1 is 1.14 bits per heavy atom. The lowest BCUT2D eigenvalue weighted by Gasteiger charge is -2.36. The van der Waals surface area contributed by atoms with Crippen molar-refractivity contribution >= 4 is 12.0 Å². The lowest BCUT2D eigenvalue weighted by atomic mass is 9.72. The molecule has 5 heteroatoms. The molecule has 0 spiro atoms. The SMILES string of the molecule is CC(C)CC(C)NC(=O)NCC1(CC(=O)O)CCCCC1. The minimum Gasteiger partial charge on any atom is -0.481 e. The molecule has 1 aliphatic carbocycles. The Labute approximate surface area is 127 Å². The number of nitrogens with one attached hydrogen (secondary N) is 2. The molecule has 0 aromatic rings. The Morgan fingerprint density at radius 2 is 1.76 bits per heavy atom. The highest BCUT2D eigenvalue weighted by Gasteiger charge is 2.34. The summed E-state index contributed by atoms with van der Waals surface area (Å²) in [5.74, 6) is -0.232. The number of carbonyl (C=O) groups is 2. The topological polar surface area (TPSA) is 78.4 Å². The van der Waals surface area contributed by atoms with Crippen molar-refractivity contribution in [1.29, 1.82) is 0 Å². The fraction of sp³-hybridized carbons (Fsp3) is 0.875. The molecule has 1 aliphatic rings. The van der Waals surface area contributed by atoms with Crippen molar-refractivity contribution in [2.75, 3.05) is 6.54 Å². The second-order valence-electron chi connectivity index (χ2n) is 6.99. The Balaban J connectivity index is 2.45. The highest BCUT2D eigenvalue weighted by atomic mass is 16.4. The third kappa shape index (κ3) is 6.82. The fourth-order valence-electron chi connectivity index (χ4n) is 3.35. The number of amides is 2. The predicted octanol–water partition coefficient (Wildman–Crippen LogP) is 3.15. The molecule has 0 saturated heterocycles. The molecule has 0 heterocycles. The van der Waals surface area contributed by atoms with Crippen LogP contribution in [0, 0.1) is 11.3 Å². The fourth-order valence-corrected chi connectivity index (χ4v) is 3.35. The standard InChI is InChI=1S/C16H30N2O3/c1-12(2)9-13(3)18-15(21)17-11-16(10-14(19)20)7-5-4-6-8-16/h12-13H,4-11H2,1-3H3,(H,19,20)(H2,17,18,21). The van der Waals surface area contributed by atoms with Gasteiger partial charge in [0.1, 0.15) is 0 Å². The zero-order valence-electron chi connectivity index (χ0n) is 13.6. The average Bonchev–Trinajstić information content (AvgIpc) is 2.35. The van der Waals surface area contributed by atoms with E-state index in [1.54, 1.807) is 0 Å². The van der Waals surface area contributed by atoms with Gasteiger partial charge in [-0.15, -0.1) is 0 Å². The van der Waals surface area contributed by atoms with Crippen molar-refractivity contribution in [1.82, 2.24) is 10.6 Å². The summed E-state index contributed by atoms with van der Waals surface area (Å²) in [7, 11) is 0. The lowest BCUT2D eigenvalue weighted by Crippen LogP contribution is -2.46. The number of carboxylic acids is 1. The smallest absolute Gasteiger partial charge is 0.315 e. The number of hydrogen-bond acceptors (Lipinski definition) is 2.